The monoisotopic (exact) mass is 342 g/mol. The zero-order valence-electron chi connectivity index (χ0n) is 13.0. The predicted molar refractivity (Wildman–Crippen MR) is 91.4 cm³/mol. The number of carbonyl (C=O) groups is 1. The molecule has 2 atom stereocenters. The Hall–Kier alpha value is -0.750. The number of amides is 1. The van der Waals surface area contributed by atoms with Gasteiger partial charge in [-0.2, -0.15) is 0 Å². The second-order valence-electron chi connectivity index (χ2n) is 6.01. The van der Waals surface area contributed by atoms with Crippen LogP contribution in [0.1, 0.15) is 0 Å². The largest absolute Gasteiger partial charge is 0.396 e. The number of likely N-dealkylation sites (tertiary alicyclic amines) is 1. The van der Waals surface area contributed by atoms with Crippen LogP contribution >= 0.6 is 23.4 Å². The number of benzene rings is 1. The second-order valence-corrected chi connectivity index (χ2v) is 7.49. The Kier molecular flexibility index (Phi) is 6.56. The molecule has 0 spiro atoms. The minimum absolute atomic E-state index is 0.139. The number of halogens is 1. The molecule has 0 aliphatic carbocycles. The molecule has 1 saturated heterocycles. The summed E-state index contributed by atoms with van der Waals surface area (Å²) >= 11 is 7.38. The van der Waals surface area contributed by atoms with Crippen molar-refractivity contribution in [2.24, 2.45) is 11.8 Å². The Morgan fingerprint density at radius 2 is 1.95 bits per heavy atom. The molecule has 1 fully saturated rings. The van der Waals surface area contributed by atoms with Gasteiger partial charge in [-0.05, 0) is 44.3 Å². The van der Waals surface area contributed by atoms with E-state index >= 15 is 0 Å². The molecule has 0 bridgehead atoms. The van der Waals surface area contributed by atoms with Gasteiger partial charge in [-0.25, -0.2) is 0 Å². The zero-order chi connectivity index (χ0) is 16.1. The summed E-state index contributed by atoms with van der Waals surface area (Å²) < 4.78 is 0. The lowest BCUT2D eigenvalue weighted by Gasteiger charge is -2.20. The quantitative estimate of drug-likeness (QED) is 0.804. The molecule has 0 aromatic heterocycles. The molecule has 2 rings (SSSR count). The fourth-order valence-electron chi connectivity index (χ4n) is 2.79. The maximum absolute atomic E-state index is 12.4. The SMILES string of the molecule is CN(C)C[C@@H]1CN(C(=O)CSc2ccc(Cl)cc2)C[C@@H]1CO. The summed E-state index contributed by atoms with van der Waals surface area (Å²) in [4.78, 5) is 17.4. The fraction of sp³-hybridized carbons (Fsp3) is 0.562. The molecule has 0 saturated carbocycles. The first-order valence-electron chi connectivity index (χ1n) is 7.41. The van der Waals surface area contributed by atoms with E-state index in [1.165, 1.54) is 11.8 Å². The van der Waals surface area contributed by atoms with Gasteiger partial charge in [0.1, 0.15) is 0 Å². The molecule has 6 heteroatoms. The summed E-state index contributed by atoms with van der Waals surface area (Å²) in [5.74, 6) is 1.10. The van der Waals surface area contributed by atoms with Crippen LogP contribution in [0.2, 0.25) is 5.02 Å². The van der Waals surface area contributed by atoms with Crippen LogP contribution < -0.4 is 0 Å². The third-order valence-corrected chi connectivity index (χ3v) is 5.19. The topological polar surface area (TPSA) is 43.8 Å². The van der Waals surface area contributed by atoms with Gasteiger partial charge in [0.15, 0.2) is 0 Å². The third kappa shape index (κ3) is 4.88. The highest BCUT2D eigenvalue weighted by Crippen LogP contribution is 2.26. The lowest BCUT2D eigenvalue weighted by atomic mass is 9.97. The van der Waals surface area contributed by atoms with E-state index in [0.717, 1.165) is 18.0 Å². The lowest BCUT2D eigenvalue weighted by Crippen LogP contribution is -2.31. The normalized spacial score (nSPS) is 21.6. The van der Waals surface area contributed by atoms with Gasteiger partial charge in [0, 0.05) is 42.1 Å². The van der Waals surface area contributed by atoms with E-state index in [-0.39, 0.29) is 18.4 Å². The molecule has 4 nitrogen and oxygen atoms in total. The van der Waals surface area contributed by atoms with Crippen molar-refractivity contribution in [2.75, 3.05) is 46.1 Å². The Balaban J connectivity index is 1.86. The van der Waals surface area contributed by atoms with E-state index in [2.05, 4.69) is 4.90 Å². The minimum Gasteiger partial charge on any atom is -0.396 e. The van der Waals surface area contributed by atoms with Crippen molar-refractivity contribution >= 4 is 29.3 Å². The van der Waals surface area contributed by atoms with Crippen LogP contribution in [-0.2, 0) is 4.79 Å². The Morgan fingerprint density at radius 3 is 2.55 bits per heavy atom. The van der Waals surface area contributed by atoms with E-state index < -0.39 is 0 Å². The van der Waals surface area contributed by atoms with E-state index in [1.54, 1.807) is 0 Å². The summed E-state index contributed by atoms with van der Waals surface area (Å²) in [7, 11) is 4.05. The first-order chi connectivity index (χ1) is 10.5. The Bertz CT molecular complexity index is 495. The van der Waals surface area contributed by atoms with E-state index in [1.807, 2.05) is 43.3 Å². The average Bonchev–Trinajstić information content (AvgIpc) is 2.88. The number of thioether (sulfide) groups is 1. The number of hydrogen-bond acceptors (Lipinski definition) is 4. The van der Waals surface area contributed by atoms with E-state index in [4.69, 9.17) is 11.6 Å². The van der Waals surface area contributed by atoms with Crippen LogP contribution in [0.3, 0.4) is 0 Å². The van der Waals surface area contributed by atoms with Crippen molar-refractivity contribution in [2.45, 2.75) is 4.90 Å². The second kappa shape index (κ2) is 8.20. The van der Waals surface area contributed by atoms with Crippen molar-refractivity contribution < 1.29 is 9.90 Å². The van der Waals surface area contributed by atoms with Crippen molar-refractivity contribution in [3.05, 3.63) is 29.3 Å². The number of aliphatic hydroxyl groups excluding tert-OH is 1. The molecule has 1 aromatic carbocycles. The highest BCUT2D eigenvalue weighted by Gasteiger charge is 2.34. The van der Waals surface area contributed by atoms with Gasteiger partial charge in [-0.1, -0.05) is 11.6 Å². The first-order valence-corrected chi connectivity index (χ1v) is 8.77. The number of hydrogen-bond donors (Lipinski definition) is 1. The molecule has 1 heterocycles. The van der Waals surface area contributed by atoms with Crippen molar-refractivity contribution in [1.82, 2.24) is 9.80 Å². The Morgan fingerprint density at radius 1 is 1.32 bits per heavy atom. The van der Waals surface area contributed by atoms with Gasteiger partial charge in [0.25, 0.3) is 0 Å². The smallest absolute Gasteiger partial charge is 0.232 e. The molecule has 1 aliphatic heterocycles. The van der Waals surface area contributed by atoms with E-state index in [9.17, 15) is 9.90 Å². The van der Waals surface area contributed by atoms with Gasteiger partial charge in [0.05, 0.1) is 5.75 Å². The maximum atomic E-state index is 12.4. The van der Waals surface area contributed by atoms with Gasteiger partial charge >= 0.3 is 0 Å². The molecule has 0 radical (unpaired) electrons. The molecule has 1 aliphatic rings. The Labute approximate surface area is 141 Å². The van der Waals surface area contributed by atoms with Crippen molar-refractivity contribution in [1.29, 1.82) is 0 Å². The summed E-state index contributed by atoms with van der Waals surface area (Å²) in [5, 5.41) is 10.2. The van der Waals surface area contributed by atoms with Crippen LogP contribution in [0.4, 0.5) is 0 Å². The van der Waals surface area contributed by atoms with Crippen LogP contribution in [0.15, 0.2) is 29.2 Å². The summed E-state index contributed by atoms with van der Waals surface area (Å²) in [5.41, 5.74) is 0. The highest BCUT2D eigenvalue weighted by atomic mass is 35.5. The van der Waals surface area contributed by atoms with E-state index in [0.29, 0.717) is 23.2 Å². The van der Waals surface area contributed by atoms with Gasteiger partial charge in [0.2, 0.25) is 5.91 Å². The van der Waals surface area contributed by atoms with Crippen LogP contribution in [0.25, 0.3) is 0 Å². The molecule has 1 amide bonds. The van der Waals surface area contributed by atoms with Crippen LogP contribution in [-0.4, -0.2) is 66.9 Å². The number of aliphatic hydroxyl groups is 1. The third-order valence-electron chi connectivity index (χ3n) is 3.94. The number of rotatable bonds is 6. The summed E-state index contributed by atoms with van der Waals surface area (Å²) in [6, 6.07) is 7.52. The minimum atomic E-state index is 0.139. The molecular formula is C16H23ClN2O2S. The molecule has 1 N–H and O–H groups in total. The van der Waals surface area contributed by atoms with Gasteiger partial charge in [-0.15, -0.1) is 11.8 Å². The highest BCUT2D eigenvalue weighted by molar-refractivity contribution is 8.00. The maximum Gasteiger partial charge on any atom is 0.232 e. The summed E-state index contributed by atoms with van der Waals surface area (Å²) in [6.07, 6.45) is 0. The first kappa shape index (κ1) is 17.6. The van der Waals surface area contributed by atoms with Gasteiger partial charge < -0.3 is 14.9 Å². The fourth-order valence-corrected chi connectivity index (χ4v) is 3.72. The molecule has 0 unspecified atom stereocenters. The van der Waals surface area contributed by atoms with Crippen LogP contribution in [0.5, 0.6) is 0 Å². The number of carbonyl (C=O) groups excluding carboxylic acids is 1. The molecule has 22 heavy (non-hydrogen) atoms. The molecule has 1 aromatic rings. The van der Waals surface area contributed by atoms with Crippen molar-refractivity contribution in [3.63, 3.8) is 0 Å². The zero-order valence-corrected chi connectivity index (χ0v) is 14.6. The van der Waals surface area contributed by atoms with Gasteiger partial charge in [-0.3, -0.25) is 4.79 Å². The standard InChI is InChI=1S/C16H23ClN2O2S/c1-18(2)7-12-8-19(9-13(12)10-20)16(21)11-22-15-5-3-14(17)4-6-15/h3-6,12-13,20H,7-11H2,1-2H3/t12-,13-/m1/s1. The predicted octanol–water partition coefficient (Wildman–Crippen LogP) is 2.06. The number of nitrogens with zero attached hydrogens (tertiary/aromatic N) is 2. The summed E-state index contributed by atoms with van der Waals surface area (Å²) in [6.45, 7) is 2.45. The van der Waals surface area contributed by atoms with Crippen molar-refractivity contribution in [3.8, 4) is 0 Å². The molecule has 122 valence electrons. The average molecular weight is 343 g/mol. The molecular weight excluding hydrogens is 320 g/mol. The van der Waals surface area contributed by atoms with Crippen LogP contribution in [0, 0.1) is 11.8 Å². The lowest BCUT2D eigenvalue weighted by molar-refractivity contribution is -0.127.